The molecule has 1 fully saturated rings. The molecular weight excluding hydrogens is 162 g/mol. The Morgan fingerprint density at radius 1 is 1.38 bits per heavy atom. The van der Waals surface area contributed by atoms with Crippen molar-refractivity contribution in [2.24, 2.45) is 16.6 Å². The van der Waals surface area contributed by atoms with Crippen LogP contribution in [0.15, 0.2) is 4.99 Å². The van der Waals surface area contributed by atoms with Crippen LogP contribution in [-0.4, -0.2) is 36.9 Å². The molecule has 1 aliphatic carbocycles. The lowest BCUT2D eigenvalue weighted by Crippen LogP contribution is -2.36. The van der Waals surface area contributed by atoms with Gasteiger partial charge in [-0.3, -0.25) is 4.99 Å². The molecule has 0 aromatic heterocycles. The standard InChI is InChI=1S/C10H19N3/c11-5-7-13-8-6-12-10(13)9-3-1-2-4-9/h9H,1-8,11H2. The van der Waals surface area contributed by atoms with E-state index in [1.54, 1.807) is 0 Å². The molecule has 0 spiro atoms. The zero-order valence-corrected chi connectivity index (χ0v) is 8.21. The quantitative estimate of drug-likeness (QED) is 0.701. The summed E-state index contributed by atoms with van der Waals surface area (Å²) in [4.78, 5) is 6.99. The average Bonchev–Trinajstić information content (AvgIpc) is 2.71. The highest BCUT2D eigenvalue weighted by Gasteiger charge is 2.27. The molecule has 2 rings (SSSR count). The smallest absolute Gasteiger partial charge is 0.102 e. The zero-order valence-electron chi connectivity index (χ0n) is 8.21. The Morgan fingerprint density at radius 2 is 2.15 bits per heavy atom. The highest BCUT2D eigenvalue weighted by molar-refractivity contribution is 5.86. The predicted molar refractivity (Wildman–Crippen MR) is 54.9 cm³/mol. The molecule has 13 heavy (non-hydrogen) atoms. The molecular formula is C10H19N3. The Balaban J connectivity index is 1.95. The molecule has 0 amide bonds. The molecule has 0 unspecified atom stereocenters. The molecule has 1 heterocycles. The normalized spacial score (nSPS) is 24.1. The number of nitrogens with zero attached hydrogens (tertiary/aromatic N) is 2. The van der Waals surface area contributed by atoms with E-state index in [-0.39, 0.29) is 0 Å². The maximum atomic E-state index is 5.57. The second-order valence-corrected chi connectivity index (χ2v) is 4.00. The van der Waals surface area contributed by atoms with Gasteiger partial charge < -0.3 is 10.6 Å². The summed E-state index contributed by atoms with van der Waals surface area (Å²) in [6.45, 7) is 3.84. The van der Waals surface area contributed by atoms with Gasteiger partial charge >= 0.3 is 0 Å². The molecule has 0 aromatic carbocycles. The Kier molecular flexibility index (Phi) is 2.83. The van der Waals surface area contributed by atoms with Gasteiger partial charge in [-0.25, -0.2) is 0 Å². The average molecular weight is 181 g/mol. The molecule has 74 valence electrons. The molecule has 3 heteroatoms. The highest BCUT2D eigenvalue weighted by Crippen LogP contribution is 2.28. The Morgan fingerprint density at radius 3 is 2.85 bits per heavy atom. The molecule has 1 saturated carbocycles. The Hall–Kier alpha value is -0.570. The van der Waals surface area contributed by atoms with Crippen molar-refractivity contribution in [3.63, 3.8) is 0 Å². The highest BCUT2D eigenvalue weighted by atomic mass is 15.2. The maximum absolute atomic E-state index is 5.57. The van der Waals surface area contributed by atoms with E-state index in [9.17, 15) is 0 Å². The second-order valence-electron chi connectivity index (χ2n) is 4.00. The van der Waals surface area contributed by atoms with E-state index in [0.717, 1.165) is 32.1 Å². The summed E-state index contributed by atoms with van der Waals surface area (Å²) in [5.41, 5.74) is 5.57. The monoisotopic (exact) mass is 181 g/mol. The van der Waals surface area contributed by atoms with Gasteiger partial charge in [-0.2, -0.15) is 0 Å². The third-order valence-corrected chi connectivity index (χ3v) is 3.09. The van der Waals surface area contributed by atoms with Gasteiger partial charge in [-0.05, 0) is 12.8 Å². The number of hydrogen-bond acceptors (Lipinski definition) is 3. The van der Waals surface area contributed by atoms with E-state index in [1.807, 2.05) is 0 Å². The minimum Gasteiger partial charge on any atom is -0.357 e. The molecule has 3 nitrogen and oxygen atoms in total. The van der Waals surface area contributed by atoms with E-state index in [2.05, 4.69) is 9.89 Å². The predicted octanol–water partition coefficient (Wildman–Crippen LogP) is 0.849. The van der Waals surface area contributed by atoms with Crippen LogP contribution in [-0.2, 0) is 0 Å². The number of aliphatic imine (C=N–C) groups is 1. The van der Waals surface area contributed by atoms with Gasteiger partial charge in [0.25, 0.3) is 0 Å². The van der Waals surface area contributed by atoms with Crippen LogP contribution in [0.25, 0.3) is 0 Å². The second kappa shape index (κ2) is 4.09. The molecule has 0 saturated heterocycles. The van der Waals surface area contributed by atoms with Crippen LogP contribution < -0.4 is 5.73 Å². The van der Waals surface area contributed by atoms with Crippen LogP contribution in [0.5, 0.6) is 0 Å². The van der Waals surface area contributed by atoms with E-state index < -0.39 is 0 Å². The number of rotatable bonds is 3. The topological polar surface area (TPSA) is 41.6 Å². The van der Waals surface area contributed by atoms with Gasteiger partial charge in [0.2, 0.25) is 0 Å². The lowest BCUT2D eigenvalue weighted by Gasteiger charge is -2.23. The SMILES string of the molecule is NCCN1CCN=C1C1CCCC1. The number of amidine groups is 1. The molecule has 0 atom stereocenters. The first-order valence-corrected chi connectivity index (χ1v) is 5.41. The molecule has 0 radical (unpaired) electrons. The molecule has 0 aromatic rings. The van der Waals surface area contributed by atoms with Crippen molar-refractivity contribution in [3.8, 4) is 0 Å². The van der Waals surface area contributed by atoms with Crippen LogP contribution >= 0.6 is 0 Å². The van der Waals surface area contributed by atoms with Crippen LogP contribution in [0, 0.1) is 5.92 Å². The fourth-order valence-electron chi connectivity index (χ4n) is 2.45. The van der Waals surface area contributed by atoms with E-state index in [1.165, 1.54) is 31.5 Å². The summed E-state index contributed by atoms with van der Waals surface area (Å²) in [6, 6.07) is 0. The fourth-order valence-corrected chi connectivity index (χ4v) is 2.45. The van der Waals surface area contributed by atoms with Gasteiger partial charge in [0, 0.05) is 25.6 Å². The largest absolute Gasteiger partial charge is 0.357 e. The third kappa shape index (κ3) is 1.85. The van der Waals surface area contributed by atoms with Crippen LogP contribution in [0.4, 0.5) is 0 Å². The van der Waals surface area contributed by atoms with Crippen LogP contribution in [0.1, 0.15) is 25.7 Å². The minimum absolute atomic E-state index is 0.756. The number of nitrogens with two attached hydrogens (primary N) is 1. The number of hydrogen-bond donors (Lipinski definition) is 1. The van der Waals surface area contributed by atoms with Gasteiger partial charge in [-0.15, -0.1) is 0 Å². The van der Waals surface area contributed by atoms with Crippen molar-refractivity contribution in [3.05, 3.63) is 0 Å². The van der Waals surface area contributed by atoms with Gasteiger partial charge in [0.05, 0.1) is 6.54 Å². The Bertz CT molecular complexity index is 194. The van der Waals surface area contributed by atoms with Crippen molar-refractivity contribution in [2.45, 2.75) is 25.7 Å². The summed E-state index contributed by atoms with van der Waals surface area (Å²) in [7, 11) is 0. The third-order valence-electron chi connectivity index (χ3n) is 3.09. The zero-order chi connectivity index (χ0) is 9.10. The van der Waals surface area contributed by atoms with Crippen LogP contribution in [0.3, 0.4) is 0 Å². The minimum atomic E-state index is 0.756. The van der Waals surface area contributed by atoms with Gasteiger partial charge in [-0.1, -0.05) is 12.8 Å². The lowest BCUT2D eigenvalue weighted by atomic mass is 10.1. The molecule has 0 bridgehead atoms. The molecule has 1 aliphatic heterocycles. The maximum Gasteiger partial charge on any atom is 0.102 e. The van der Waals surface area contributed by atoms with Crippen molar-refractivity contribution >= 4 is 5.84 Å². The van der Waals surface area contributed by atoms with E-state index in [0.29, 0.717) is 0 Å². The summed E-state index contributed by atoms with van der Waals surface area (Å²) >= 11 is 0. The van der Waals surface area contributed by atoms with Crippen molar-refractivity contribution in [1.29, 1.82) is 0 Å². The van der Waals surface area contributed by atoms with Crippen molar-refractivity contribution in [2.75, 3.05) is 26.2 Å². The summed E-state index contributed by atoms with van der Waals surface area (Å²) in [5, 5.41) is 0. The van der Waals surface area contributed by atoms with Gasteiger partial charge in [0.1, 0.15) is 5.84 Å². The Labute approximate surface area is 80.0 Å². The summed E-state index contributed by atoms with van der Waals surface area (Å²) < 4.78 is 0. The first kappa shape index (κ1) is 9.00. The summed E-state index contributed by atoms with van der Waals surface area (Å²) in [5.74, 6) is 2.12. The summed E-state index contributed by atoms with van der Waals surface area (Å²) in [6.07, 6.45) is 5.47. The van der Waals surface area contributed by atoms with Crippen LogP contribution in [0.2, 0.25) is 0 Å². The first-order valence-electron chi connectivity index (χ1n) is 5.41. The van der Waals surface area contributed by atoms with Gasteiger partial charge in [0.15, 0.2) is 0 Å². The lowest BCUT2D eigenvalue weighted by molar-refractivity contribution is 0.440. The van der Waals surface area contributed by atoms with Crippen molar-refractivity contribution in [1.82, 2.24) is 4.90 Å². The van der Waals surface area contributed by atoms with E-state index in [4.69, 9.17) is 5.73 Å². The first-order chi connectivity index (χ1) is 6.42. The molecule has 2 N–H and O–H groups in total. The fraction of sp³-hybridized carbons (Fsp3) is 0.900. The van der Waals surface area contributed by atoms with Crippen molar-refractivity contribution < 1.29 is 0 Å². The van der Waals surface area contributed by atoms with E-state index >= 15 is 0 Å². The molecule has 2 aliphatic rings.